The van der Waals surface area contributed by atoms with Crippen molar-refractivity contribution in [1.82, 2.24) is 20.0 Å². The van der Waals surface area contributed by atoms with E-state index in [2.05, 4.69) is 20.6 Å². The first kappa shape index (κ1) is 15.6. The molecule has 0 saturated carbocycles. The fourth-order valence-corrected chi connectivity index (χ4v) is 2.39. The molecule has 0 bridgehead atoms. The molecule has 3 rings (SSSR count). The Bertz CT molecular complexity index is 698. The summed E-state index contributed by atoms with van der Waals surface area (Å²) in [7, 11) is 0. The summed E-state index contributed by atoms with van der Waals surface area (Å²) < 4.78 is 12.5. The number of carbonyl (C=O) groups is 1. The second-order valence-corrected chi connectivity index (χ2v) is 5.47. The number of nitrogens with one attached hydrogen (secondary N) is 1. The van der Waals surface area contributed by atoms with Crippen molar-refractivity contribution in [2.45, 2.75) is 33.0 Å². The van der Waals surface area contributed by atoms with Crippen molar-refractivity contribution in [3.8, 4) is 5.82 Å². The molecular weight excluding hydrogens is 298 g/mol. The zero-order chi connectivity index (χ0) is 16.4. The number of hydrogen-bond donors (Lipinski definition) is 1. The van der Waals surface area contributed by atoms with E-state index in [1.807, 2.05) is 26.8 Å². The van der Waals surface area contributed by atoms with Crippen molar-refractivity contribution >= 4 is 11.7 Å². The minimum Gasteiger partial charge on any atom is -0.373 e. The lowest BCUT2D eigenvalue weighted by atomic mass is 10.2. The van der Waals surface area contributed by atoms with E-state index < -0.39 is 6.10 Å². The summed E-state index contributed by atoms with van der Waals surface area (Å²) in [6.45, 7) is 6.43. The Hall–Kier alpha value is -2.32. The van der Waals surface area contributed by atoms with E-state index in [0.29, 0.717) is 24.8 Å². The van der Waals surface area contributed by atoms with Gasteiger partial charge < -0.3 is 14.8 Å². The van der Waals surface area contributed by atoms with E-state index in [-0.39, 0.29) is 12.0 Å². The van der Waals surface area contributed by atoms with Gasteiger partial charge in [-0.1, -0.05) is 0 Å². The number of aryl methyl sites for hydroxylation is 2. The third-order valence-electron chi connectivity index (χ3n) is 3.53. The predicted octanol–water partition coefficient (Wildman–Crippen LogP) is 1.02. The van der Waals surface area contributed by atoms with Gasteiger partial charge in [0, 0.05) is 6.07 Å². The van der Waals surface area contributed by atoms with Crippen molar-refractivity contribution in [2.24, 2.45) is 0 Å². The lowest BCUT2D eigenvalue weighted by Gasteiger charge is -2.28. The molecule has 8 nitrogen and oxygen atoms in total. The van der Waals surface area contributed by atoms with Crippen LogP contribution in [-0.2, 0) is 14.3 Å². The quantitative estimate of drug-likeness (QED) is 0.909. The number of carbonyl (C=O) groups excluding carboxylic acids is 1. The van der Waals surface area contributed by atoms with Gasteiger partial charge in [-0.25, -0.2) is 0 Å². The molecule has 1 N–H and O–H groups in total. The van der Waals surface area contributed by atoms with E-state index in [4.69, 9.17) is 9.47 Å². The molecule has 8 heteroatoms. The summed E-state index contributed by atoms with van der Waals surface area (Å²) in [5.41, 5.74) is 1.57. The first-order valence-electron chi connectivity index (χ1n) is 7.46. The SMILES string of the molecule is Cc1ccc(-n2nc(C)cc2NC(=O)[C@H]2OCCO[C@H]2C)nn1. The molecule has 2 aromatic heterocycles. The van der Waals surface area contributed by atoms with Crippen LogP contribution in [0.3, 0.4) is 0 Å². The van der Waals surface area contributed by atoms with Gasteiger partial charge in [-0.2, -0.15) is 14.9 Å². The van der Waals surface area contributed by atoms with Crippen molar-refractivity contribution in [3.05, 3.63) is 29.6 Å². The van der Waals surface area contributed by atoms with Gasteiger partial charge in [0.2, 0.25) is 0 Å². The summed E-state index contributed by atoms with van der Waals surface area (Å²) in [5.74, 6) is 0.790. The lowest BCUT2D eigenvalue weighted by Crippen LogP contribution is -2.45. The first-order valence-corrected chi connectivity index (χ1v) is 7.46. The fourth-order valence-electron chi connectivity index (χ4n) is 2.39. The number of anilines is 1. The monoisotopic (exact) mass is 317 g/mol. The van der Waals surface area contributed by atoms with Crippen LogP contribution < -0.4 is 5.32 Å². The molecule has 1 aliphatic heterocycles. The Morgan fingerprint density at radius 1 is 1.22 bits per heavy atom. The van der Waals surface area contributed by atoms with E-state index >= 15 is 0 Å². The second kappa shape index (κ2) is 6.43. The van der Waals surface area contributed by atoms with E-state index in [1.165, 1.54) is 0 Å². The van der Waals surface area contributed by atoms with E-state index in [1.54, 1.807) is 16.8 Å². The van der Waals surface area contributed by atoms with Crippen LogP contribution in [0, 0.1) is 13.8 Å². The maximum Gasteiger partial charge on any atom is 0.257 e. The van der Waals surface area contributed by atoms with E-state index in [9.17, 15) is 4.79 Å². The highest BCUT2D eigenvalue weighted by atomic mass is 16.6. The maximum atomic E-state index is 12.4. The van der Waals surface area contributed by atoms with Crippen LogP contribution in [0.25, 0.3) is 5.82 Å². The van der Waals surface area contributed by atoms with Crippen molar-refractivity contribution in [3.63, 3.8) is 0 Å². The largest absolute Gasteiger partial charge is 0.373 e. The Morgan fingerprint density at radius 3 is 2.70 bits per heavy atom. The lowest BCUT2D eigenvalue weighted by molar-refractivity contribution is -0.157. The standard InChI is InChI=1S/C15H19N5O3/c1-9-4-5-12(18-17-9)20-13(8-10(2)19-20)16-15(21)14-11(3)22-6-7-23-14/h4-5,8,11,14H,6-7H2,1-3H3,(H,16,21)/t11-,14-/m0/s1. The van der Waals surface area contributed by atoms with Crippen LogP contribution in [0.1, 0.15) is 18.3 Å². The molecule has 0 aromatic carbocycles. The molecule has 2 aromatic rings. The van der Waals surface area contributed by atoms with Crippen LogP contribution in [0.2, 0.25) is 0 Å². The molecule has 1 fully saturated rings. The summed E-state index contributed by atoms with van der Waals surface area (Å²) in [4.78, 5) is 12.4. The Kier molecular flexibility index (Phi) is 4.35. The van der Waals surface area contributed by atoms with E-state index in [0.717, 1.165) is 11.4 Å². The molecular formula is C15H19N5O3. The Morgan fingerprint density at radius 2 is 2.00 bits per heavy atom. The smallest absolute Gasteiger partial charge is 0.257 e. The molecule has 1 saturated heterocycles. The molecule has 122 valence electrons. The number of hydrogen-bond acceptors (Lipinski definition) is 6. The highest BCUT2D eigenvalue weighted by molar-refractivity contribution is 5.94. The average molecular weight is 317 g/mol. The average Bonchev–Trinajstić information content (AvgIpc) is 2.89. The van der Waals surface area contributed by atoms with Gasteiger partial charge in [-0.3, -0.25) is 4.79 Å². The second-order valence-electron chi connectivity index (χ2n) is 5.47. The van der Waals surface area contributed by atoms with Crippen LogP contribution in [0.5, 0.6) is 0 Å². The molecule has 1 amide bonds. The van der Waals surface area contributed by atoms with Gasteiger partial charge in [-0.05, 0) is 32.9 Å². The number of rotatable bonds is 3. The zero-order valence-corrected chi connectivity index (χ0v) is 13.3. The number of ether oxygens (including phenoxy) is 2. The van der Waals surface area contributed by atoms with Crippen LogP contribution in [0.15, 0.2) is 18.2 Å². The number of amides is 1. The summed E-state index contributed by atoms with van der Waals surface area (Å²) in [6.07, 6.45) is -0.933. The predicted molar refractivity (Wildman–Crippen MR) is 82.4 cm³/mol. The van der Waals surface area contributed by atoms with Gasteiger partial charge in [0.15, 0.2) is 11.9 Å². The van der Waals surface area contributed by atoms with Crippen molar-refractivity contribution in [2.75, 3.05) is 18.5 Å². The van der Waals surface area contributed by atoms with Gasteiger partial charge in [-0.15, -0.1) is 5.10 Å². The third-order valence-corrected chi connectivity index (χ3v) is 3.53. The van der Waals surface area contributed by atoms with Gasteiger partial charge in [0.05, 0.1) is 30.7 Å². The van der Waals surface area contributed by atoms with Gasteiger partial charge in [0.25, 0.3) is 5.91 Å². The zero-order valence-electron chi connectivity index (χ0n) is 13.3. The molecule has 3 heterocycles. The Balaban J connectivity index is 1.83. The topological polar surface area (TPSA) is 91.2 Å². The summed E-state index contributed by atoms with van der Waals surface area (Å²) >= 11 is 0. The molecule has 0 spiro atoms. The third kappa shape index (κ3) is 3.38. The van der Waals surface area contributed by atoms with Crippen LogP contribution in [-0.4, -0.2) is 51.3 Å². The molecule has 0 radical (unpaired) electrons. The fraction of sp³-hybridized carbons (Fsp3) is 0.467. The van der Waals surface area contributed by atoms with Crippen LogP contribution >= 0.6 is 0 Å². The normalized spacial score (nSPS) is 21.2. The minimum atomic E-state index is -0.642. The molecule has 0 unspecified atom stereocenters. The number of nitrogens with zero attached hydrogens (tertiary/aromatic N) is 4. The molecule has 23 heavy (non-hydrogen) atoms. The minimum absolute atomic E-state index is 0.265. The highest BCUT2D eigenvalue weighted by Crippen LogP contribution is 2.17. The first-order chi connectivity index (χ1) is 11.0. The van der Waals surface area contributed by atoms with Crippen molar-refractivity contribution < 1.29 is 14.3 Å². The molecule has 0 aliphatic carbocycles. The maximum absolute atomic E-state index is 12.4. The Labute approximate surface area is 133 Å². The van der Waals surface area contributed by atoms with Gasteiger partial charge >= 0.3 is 0 Å². The van der Waals surface area contributed by atoms with Gasteiger partial charge in [0.1, 0.15) is 5.82 Å². The summed E-state index contributed by atoms with van der Waals surface area (Å²) in [5, 5.41) is 15.3. The van der Waals surface area contributed by atoms with Crippen LogP contribution in [0.4, 0.5) is 5.82 Å². The summed E-state index contributed by atoms with van der Waals surface area (Å²) in [6, 6.07) is 5.41. The highest BCUT2D eigenvalue weighted by Gasteiger charge is 2.30. The molecule has 2 atom stereocenters. The molecule has 1 aliphatic rings. The number of aromatic nitrogens is 4. The van der Waals surface area contributed by atoms with Crippen molar-refractivity contribution in [1.29, 1.82) is 0 Å².